The molecule has 2 fully saturated rings. The number of nitrogens with zero attached hydrogens (tertiary/aromatic N) is 2. The predicted octanol–water partition coefficient (Wildman–Crippen LogP) is 4.79. The van der Waals surface area contributed by atoms with E-state index in [0.717, 1.165) is 12.1 Å². The van der Waals surface area contributed by atoms with Crippen LogP contribution in [0.1, 0.15) is 80.1 Å². The van der Waals surface area contributed by atoms with Crippen molar-refractivity contribution >= 4 is 0 Å². The van der Waals surface area contributed by atoms with Crippen LogP contribution in [0.5, 0.6) is 0 Å². The van der Waals surface area contributed by atoms with E-state index in [2.05, 4.69) is 51.3 Å². The van der Waals surface area contributed by atoms with Crippen molar-refractivity contribution in [2.45, 2.75) is 92.2 Å². The second-order valence-corrected chi connectivity index (χ2v) is 10.1. The van der Waals surface area contributed by atoms with Gasteiger partial charge < -0.3 is 0 Å². The van der Waals surface area contributed by atoms with Gasteiger partial charge >= 0.3 is 0 Å². The van der Waals surface area contributed by atoms with Gasteiger partial charge in [-0.2, -0.15) is 0 Å². The lowest BCUT2D eigenvalue weighted by Gasteiger charge is -2.37. The molecule has 0 spiro atoms. The van der Waals surface area contributed by atoms with Crippen molar-refractivity contribution in [2.24, 2.45) is 10.8 Å². The van der Waals surface area contributed by atoms with Gasteiger partial charge in [-0.15, -0.1) is 0 Å². The maximum absolute atomic E-state index is 2.82. The average Bonchev–Trinajstić information content (AvgIpc) is 3.00. The highest BCUT2D eigenvalue weighted by atomic mass is 15.3. The molecule has 130 valence electrons. The summed E-state index contributed by atoms with van der Waals surface area (Å²) >= 11 is 0. The second kappa shape index (κ2) is 7.21. The molecule has 0 aromatic carbocycles. The quantitative estimate of drug-likeness (QED) is 0.720. The van der Waals surface area contributed by atoms with E-state index in [4.69, 9.17) is 0 Å². The summed E-state index contributed by atoms with van der Waals surface area (Å²) in [6.07, 6.45) is 8.36. The van der Waals surface area contributed by atoms with E-state index in [9.17, 15) is 0 Å². The van der Waals surface area contributed by atoms with Crippen molar-refractivity contribution in [1.29, 1.82) is 0 Å². The van der Waals surface area contributed by atoms with Gasteiger partial charge in [0.25, 0.3) is 0 Å². The molecule has 0 aliphatic carbocycles. The fraction of sp³-hybridized carbons (Fsp3) is 1.00. The smallest absolute Gasteiger partial charge is 0.0252 e. The molecular weight excluding hydrogens is 268 g/mol. The Kier molecular flexibility index (Phi) is 5.99. The summed E-state index contributed by atoms with van der Waals surface area (Å²) in [5, 5.41) is 0. The zero-order chi connectivity index (χ0) is 16.4. The Morgan fingerprint density at radius 1 is 0.682 bits per heavy atom. The molecule has 2 heteroatoms. The van der Waals surface area contributed by atoms with E-state index in [1.807, 2.05) is 0 Å². The van der Waals surface area contributed by atoms with Gasteiger partial charge in [0.15, 0.2) is 0 Å². The monoisotopic (exact) mass is 308 g/mol. The molecule has 0 aromatic rings. The topological polar surface area (TPSA) is 6.48 Å². The molecule has 0 N–H and O–H groups in total. The largest absolute Gasteiger partial charge is 0.299 e. The third-order valence-electron chi connectivity index (χ3n) is 5.57. The number of rotatable bonds is 5. The van der Waals surface area contributed by atoms with E-state index >= 15 is 0 Å². The Morgan fingerprint density at radius 3 is 1.36 bits per heavy atom. The highest BCUT2D eigenvalue weighted by molar-refractivity contribution is 4.94. The van der Waals surface area contributed by atoms with Crippen LogP contribution in [0.2, 0.25) is 0 Å². The van der Waals surface area contributed by atoms with Gasteiger partial charge in [-0.3, -0.25) is 9.80 Å². The SMILES string of the molecule is CC(C)(C)CCN1CCC[C@@H]1[C@H]1CCCN1CCC(C)(C)C. The number of likely N-dealkylation sites (tertiary alicyclic amines) is 2. The first kappa shape index (κ1) is 18.3. The zero-order valence-corrected chi connectivity index (χ0v) is 16.1. The minimum Gasteiger partial charge on any atom is -0.299 e. The van der Waals surface area contributed by atoms with E-state index in [0.29, 0.717) is 10.8 Å². The highest BCUT2D eigenvalue weighted by Crippen LogP contribution is 2.32. The molecule has 0 bridgehead atoms. The van der Waals surface area contributed by atoms with Crippen LogP contribution in [-0.2, 0) is 0 Å². The molecule has 0 radical (unpaired) electrons. The van der Waals surface area contributed by atoms with Crippen LogP contribution in [0.3, 0.4) is 0 Å². The van der Waals surface area contributed by atoms with Crippen molar-refractivity contribution in [3.8, 4) is 0 Å². The molecule has 2 saturated heterocycles. The molecule has 0 aromatic heterocycles. The summed E-state index contributed by atoms with van der Waals surface area (Å²) in [5.74, 6) is 0. The Labute approximate surface area is 139 Å². The first-order valence-electron chi connectivity index (χ1n) is 9.64. The minimum atomic E-state index is 0.467. The average molecular weight is 309 g/mol. The van der Waals surface area contributed by atoms with Crippen molar-refractivity contribution in [3.05, 3.63) is 0 Å². The first-order chi connectivity index (χ1) is 10.2. The van der Waals surface area contributed by atoms with E-state index in [1.165, 1.54) is 64.7 Å². The summed E-state index contributed by atoms with van der Waals surface area (Å²) in [6.45, 7) is 19.6. The molecule has 0 amide bonds. The fourth-order valence-electron chi connectivity index (χ4n) is 4.09. The van der Waals surface area contributed by atoms with Crippen molar-refractivity contribution in [2.75, 3.05) is 26.2 Å². The summed E-state index contributed by atoms with van der Waals surface area (Å²) in [6, 6.07) is 1.68. The van der Waals surface area contributed by atoms with Crippen molar-refractivity contribution < 1.29 is 0 Å². The van der Waals surface area contributed by atoms with Gasteiger partial charge in [0, 0.05) is 12.1 Å². The lowest BCUT2D eigenvalue weighted by atomic mass is 9.91. The molecular formula is C20H40N2. The third kappa shape index (κ3) is 5.53. The normalized spacial score (nSPS) is 28.6. The van der Waals surface area contributed by atoms with Crippen LogP contribution in [0.25, 0.3) is 0 Å². The Morgan fingerprint density at radius 2 is 1.05 bits per heavy atom. The van der Waals surface area contributed by atoms with Gasteiger partial charge in [-0.25, -0.2) is 0 Å². The maximum atomic E-state index is 2.82. The van der Waals surface area contributed by atoms with Crippen LogP contribution >= 0.6 is 0 Å². The van der Waals surface area contributed by atoms with Gasteiger partial charge in [0.05, 0.1) is 0 Å². The first-order valence-corrected chi connectivity index (χ1v) is 9.64. The van der Waals surface area contributed by atoms with Crippen LogP contribution in [0.4, 0.5) is 0 Å². The Hall–Kier alpha value is -0.0800. The van der Waals surface area contributed by atoms with Crippen molar-refractivity contribution in [1.82, 2.24) is 9.80 Å². The van der Waals surface area contributed by atoms with Crippen molar-refractivity contribution in [3.63, 3.8) is 0 Å². The molecule has 2 atom stereocenters. The van der Waals surface area contributed by atoms with Gasteiger partial charge in [0.2, 0.25) is 0 Å². The number of hydrogen-bond donors (Lipinski definition) is 0. The number of hydrogen-bond acceptors (Lipinski definition) is 2. The lowest BCUT2D eigenvalue weighted by Crippen LogP contribution is -2.47. The third-order valence-corrected chi connectivity index (χ3v) is 5.57. The van der Waals surface area contributed by atoms with Crippen LogP contribution < -0.4 is 0 Å². The summed E-state index contributed by atoms with van der Waals surface area (Å²) < 4.78 is 0. The Bertz CT molecular complexity index is 303. The minimum absolute atomic E-state index is 0.467. The van der Waals surface area contributed by atoms with Gasteiger partial charge in [-0.05, 0) is 75.5 Å². The zero-order valence-electron chi connectivity index (χ0n) is 16.1. The van der Waals surface area contributed by atoms with E-state index in [1.54, 1.807) is 0 Å². The molecule has 2 aliphatic heterocycles. The molecule has 22 heavy (non-hydrogen) atoms. The standard InChI is InChI=1S/C20H40N2/c1-19(2,3)11-15-21-13-7-9-17(21)18-10-8-14-22(18)16-12-20(4,5)6/h17-18H,7-16H2,1-6H3/t17-,18-/m1/s1. The molecule has 0 unspecified atom stereocenters. The summed E-state index contributed by atoms with van der Waals surface area (Å²) in [4.78, 5) is 5.65. The van der Waals surface area contributed by atoms with Crippen LogP contribution in [0, 0.1) is 10.8 Å². The Balaban J connectivity index is 1.90. The molecule has 2 rings (SSSR count). The molecule has 2 aliphatic rings. The van der Waals surface area contributed by atoms with Gasteiger partial charge in [-0.1, -0.05) is 41.5 Å². The predicted molar refractivity (Wildman–Crippen MR) is 97.3 cm³/mol. The summed E-state index contributed by atoms with van der Waals surface area (Å²) in [7, 11) is 0. The maximum Gasteiger partial charge on any atom is 0.0252 e. The fourth-order valence-corrected chi connectivity index (χ4v) is 4.09. The molecule has 2 nitrogen and oxygen atoms in total. The highest BCUT2D eigenvalue weighted by Gasteiger charge is 2.37. The molecule has 2 heterocycles. The van der Waals surface area contributed by atoms with Crippen LogP contribution in [0.15, 0.2) is 0 Å². The van der Waals surface area contributed by atoms with Crippen LogP contribution in [-0.4, -0.2) is 48.1 Å². The lowest BCUT2D eigenvalue weighted by molar-refractivity contribution is 0.114. The van der Waals surface area contributed by atoms with Gasteiger partial charge in [0.1, 0.15) is 0 Å². The summed E-state index contributed by atoms with van der Waals surface area (Å²) in [5.41, 5.74) is 0.934. The van der Waals surface area contributed by atoms with E-state index in [-0.39, 0.29) is 0 Å². The second-order valence-electron chi connectivity index (χ2n) is 10.1. The van der Waals surface area contributed by atoms with E-state index < -0.39 is 0 Å². The molecule has 0 saturated carbocycles.